The molecule has 0 bridgehead atoms. The van der Waals surface area contributed by atoms with E-state index >= 15 is 0 Å². The highest BCUT2D eigenvalue weighted by Gasteiger charge is 2.29. The molecule has 1 aliphatic rings. The van der Waals surface area contributed by atoms with Crippen molar-refractivity contribution in [2.45, 2.75) is 23.8 Å². The van der Waals surface area contributed by atoms with Crippen LogP contribution in [-0.2, 0) is 10.0 Å². The fraction of sp³-hybridized carbons (Fsp3) is 0.500. The summed E-state index contributed by atoms with van der Waals surface area (Å²) in [6.07, 6.45) is 1.67. The van der Waals surface area contributed by atoms with Crippen LogP contribution in [0.1, 0.15) is 12.8 Å². The Hall–Kier alpha value is -0.630. The van der Waals surface area contributed by atoms with Crippen molar-refractivity contribution in [2.24, 2.45) is 5.73 Å². The van der Waals surface area contributed by atoms with Crippen LogP contribution in [0.4, 0.5) is 0 Å². The smallest absolute Gasteiger partial charge is 0.243 e. The van der Waals surface area contributed by atoms with Gasteiger partial charge in [-0.15, -0.1) is 0 Å². The second-order valence-electron chi connectivity index (χ2n) is 4.56. The highest BCUT2D eigenvalue weighted by molar-refractivity contribution is 9.10. The van der Waals surface area contributed by atoms with Crippen LogP contribution in [0.3, 0.4) is 0 Å². The van der Waals surface area contributed by atoms with Crippen LogP contribution in [0, 0.1) is 0 Å². The number of nitrogens with two attached hydrogens (primary N) is 1. The molecule has 2 N–H and O–H groups in total. The van der Waals surface area contributed by atoms with E-state index in [2.05, 4.69) is 15.9 Å². The lowest BCUT2D eigenvalue weighted by Gasteiger charge is -2.29. The average molecular weight is 349 g/mol. The SMILES string of the molecule is COc1cc(S(=O)(=O)N2CCCC(N)C2)ccc1Br. The van der Waals surface area contributed by atoms with Crippen molar-refractivity contribution in [3.8, 4) is 5.75 Å². The summed E-state index contributed by atoms with van der Waals surface area (Å²) in [6.45, 7) is 0.898. The van der Waals surface area contributed by atoms with Gasteiger partial charge in [0.1, 0.15) is 5.75 Å². The van der Waals surface area contributed by atoms with Gasteiger partial charge in [0.05, 0.1) is 16.5 Å². The highest BCUT2D eigenvalue weighted by atomic mass is 79.9. The summed E-state index contributed by atoms with van der Waals surface area (Å²) in [7, 11) is -1.98. The number of hydrogen-bond donors (Lipinski definition) is 1. The molecule has 0 saturated carbocycles. The summed E-state index contributed by atoms with van der Waals surface area (Å²) in [6, 6.07) is 4.69. The third-order valence-electron chi connectivity index (χ3n) is 3.18. The predicted molar refractivity (Wildman–Crippen MR) is 76.7 cm³/mol. The summed E-state index contributed by atoms with van der Waals surface area (Å²) in [4.78, 5) is 0.238. The fourth-order valence-electron chi connectivity index (χ4n) is 2.14. The number of hydrogen-bond acceptors (Lipinski definition) is 4. The molecule has 1 unspecified atom stereocenters. The molecule has 1 heterocycles. The van der Waals surface area contributed by atoms with Crippen LogP contribution >= 0.6 is 15.9 Å². The molecule has 1 fully saturated rings. The second kappa shape index (κ2) is 5.78. The van der Waals surface area contributed by atoms with Gasteiger partial charge in [-0.1, -0.05) is 0 Å². The molecule has 5 nitrogen and oxygen atoms in total. The molecular weight excluding hydrogens is 332 g/mol. The maximum absolute atomic E-state index is 12.5. The molecule has 1 aliphatic heterocycles. The van der Waals surface area contributed by atoms with E-state index in [-0.39, 0.29) is 10.9 Å². The van der Waals surface area contributed by atoms with Crippen molar-refractivity contribution >= 4 is 26.0 Å². The molecule has 1 aromatic rings. The molecule has 0 amide bonds. The topological polar surface area (TPSA) is 72.6 Å². The zero-order valence-electron chi connectivity index (χ0n) is 10.7. The number of benzene rings is 1. The first-order valence-corrected chi connectivity index (χ1v) is 8.27. The predicted octanol–water partition coefficient (Wildman–Crippen LogP) is 1.57. The van der Waals surface area contributed by atoms with E-state index in [1.807, 2.05) is 0 Å². The molecule has 0 radical (unpaired) electrons. The van der Waals surface area contributed by atoms with Gasteiger partial charge in [-0.25, -0.2) is 8.42 Å². The number of sulfonamides is 1. The molecular formula is C12H17BrN2O3S. The number of rotatable bonds is 3. The Morgan fingerprint density at radius 2 is 2.21 bits per heavy atom. The van der Waals surface area contributed by atoms with Gasteiger partial charge in [0, 0.05) is 25.2 Å². The monoisotopic (exact) mass is 348 g/mol. The first kappa shape index (κ1) is 14.8. The van der Waals surface area contributed by atoms with E-state index in [1.165, 1.54) is 17.5 Å². The third-order valence-corrected chi connectivity index (χ3v) is 5.70. The van der Waals surface area contributed by atoms with Gasteiger partial charge in [-0.3, -0.25) is 0 Å². The number of piperidine rings is 1. The summed E-state index contributed by atoms with van der Waals surface area (Å²) in [5, 5.41) is 0. The molecule has 19 heavy (non-hydrogen) atoms. The zero-order chi connectivity index (χ0) is 14.0. The van der Waals surface area contributed by atoms with Crippen LogP contribution in [0.5, 0.6) is 5.75 Å². The van der Waals surface area contributed by atoms with Gasteiger partial charge >= 0.3 is 0 Å². The van der Waals surface area contributed by atoms with Gasteiger partial charge in [0.15, 0.2) is 0 Å². The van der Waals surface area contributed by atoms with E-state index in [9.17, 15) is 8.42 Å². The van der Waals surface area contributed by atoms with Crippen molar-refractivity contribution < 1.29 is 13.2 Å². The van der Waals surface area contributed by atoms with E-state index in [0.29, 0.717) is 18.8 Å². The largest absolute Gasteiger partial charge is 0.496 e. The standard InChI is InChI=1S/C12H17BrN2O3S/c1-18-12-7-10(4-5-11(12)13)19(16,17)15-6-2-3-9(14)8-15/h4-5,7,9H,2-3,6,8,14H2,1H3. The number of ether oxygens (including phenoxy) is 1. The Bertz CT molecular complexity index is 562. The third kappa shape index (κ3) is 3.10. The zero-order valence-corrected chi connectivity index (χ0v) is 13.1. The van der Waals surface area contributed by atoms with Crippen LogP contribution in [-0.4, -0.2) is 39.0 Å². The van der Waals surface area contributed by atoms with Crippen molar-refractivity contribution in [2.75, 3.05) is 20.2 Å². The molecule has 1 saturated heterocycles. The first-order chi connectivity index (χ1) is 8.95. The van der Waals surface area contributed by atoms with E-state index in [0.717, 1.165) is 17.3 Å². The van der Waals surface area contributed by atoms with Crippen LogP contribution in [0.15, 0.2) is 27.6 Å². The minimum absolute atomic E-state index is 0.0825. The fourth-order valence-corrected chi connectivity index (χ4v) is 4.10. The van der Waals surface area contributed by atoms with Crippen molar-refractivity contribution in [3.05, 3.63) is 22.7 Å². The quantitative estimate of drug-likeness (QED) is 0.899. The Morgan fingerprint density at radius 3 is 2.84 bits per heavy atom. The second-order valence-corrected chi connectivity index (χ2v) is 7.35. The normalized spacial score (nSPS) is 21.3. The Morgan fingerprint density at radius 1 is 1.47 bits per heavy atom. The molecule has 2 rings (SSSR count). The summed E-state index contributed by atoms with van der Waals surface area (Å²) < 4.78 is 32.3. The molecule has 0 spiro atoms. The number of nitrogens with zero attached hydrogens (tertiary/aromatic N) is 1. The Labute approximate surface area is 121 Å². The average Bonchev–Trinajstić information content (AvgIpc) is 2.39. The minimum atomic E-state index is -3.49. The van der Waals surface area contributed by atoms with Gasteiger partial charge in [-0.05, 0) is 40.9 Å². The first-order valence-electron chi connectivity index (χ1n) is 6.04. The molecule has 106 valence electrons. The van der Waals surface area contributed by atoms with Gasteiger partial charge in [-0.2, -0.15) is 4.31 Å². The van der Waals surface area contributed by atoms with Crippen LogP contribution < -0.4 is 10.5 Å². The van der Waals surface area contributed by atoms with E-state index in [4.69, 9.17) is 10.5 Å². The molecule has 0 aliphatic carbocycles. The highest BCUT2D eigenvalue weighted by Crippen LogP contribution is 2.29. The maximum Gasteiger partial charge on any atom is 0.243 e. The molecule has 7 heteroatoms. The van der Waals surface area contributed by atoms with Gasteiger partial charge in [0.25, 0.3) is 0 Å². The lowest BCUT2D eigenvalue weighted by atomic mass is 10.1. The Balaban J connectivity index is 2.33. The molecule has 1 atom stereocenters. The van der Waals surface area contributed by atoms with Gasteiger partial charge in [0.2, 0.25) is 10.0 Å². The Kier molecular flexibility index (Phi) is 4.50. The van der Waals surface area contributed by atoms with E-state index < -0.39 is 10.0 Å². The lowest BCUT2D eigenvalue weighted by molar-refractivity contribution is 0.316. The molecule has 1 aromatic carbocycles. The number of methoxy groups -OCH3 is 1. The number of halogens is 1. The summed E-state index contributed by atoms with van der Waals surface area (Å²) in [5.74, 6) is 0.502. The van der Waals surface area contributed by atoms with Gasteiger partial charge < -0.3 is 10.5 Å². The lowest BCUT2D eigenvalue weighted by Crippen LogP contribution is -2.45. The molecule has 0 aromatic heterocycles. The minimum Gasteiger partial charge on any atom is -0.496 e. The van der Waals surface area contributed by atoms with Crippen molar-refractivity contribution in [1.29, 1.82) is 0 Å². The van der Waals surface area contributed by atoms with Crippen molar-refractivity contribution in [1.82, 2.24) is 4.31 Å². The van der Waals surface area contributed by atoms with Crippen molar-refractivity contribution in [3.63, 3.8) is 0 Å². The van der Waals surface area contributed by atoms with Crippen LogP contribution in [0.25, 0.3) is 0 Å². The maximum atomic E-state index is 12.5. The summed E-state index contributed by atoms with van der Waals surface area (Å²) in [5.41, 5.74) is 5.84. The summed E-state index contributed by atoms with van der Waals surface area (Å²) >= 11 is 3.31. The van der Waals surface area contributed by atoms with Crippen LogP contribution in [0.2, 0.25) is 0 Å². The van der Waals surface area contributed by atoms with E-state index in [1.54, 1.807) is 12.1 Å².